The third kappa shape index (κ3) is 3.58. The molecule has 1 unspecified atom stereocenters. The van der Waals surface area contributed by atoms with E-state index in [0.29, 0.717) is 19.4 Å². The number of likely N-dealkylation sites (tertiary alicyclic amines) is 1. The van der Waals surface area contributed by atoms with E-state index in [0.717, 1.165) is 12.8 Å². The highest BCUT2D eigenvalue weighted by Crippen LogP contribution is 2.50. The lowest BCUT2D eigenvalue weighted by atomic mass is 9.63. The quantitative estimate of drug-likeness (QED) is 0.752. The molecule has 2 aromatic rings. The standard InChI is InChI=1S/C23H26F3N3O3/c1-32-22(23(24,25)26,16-6-3-2-4-7-16)20(31)29-12-9-21(10-13-29)14-19(30)28-15-17(21)18-8-5-11-27-18/h2-8,11,17,27H,9-10,12-15H2,1H3,(H,28,30)/t17?,22-/m1/s1. The monoisotopic (exact) mass is 449 g/mol. The van der Waals surface area contributed by atoms with Crippen molar-refractivity contribution in [1.82, 2.24) is 15.2 Å². The summed E-state index contributed by atoms with van der Waals surface area (Å²) in [4.78, 5) is 30.0. The number of aromatic amines is 1. The first-order valence-electron chi connectivity index (χ1n) is 10.6. The van der Waals surface area contributed by atoms with E-state index in [1.807, 2.05) is 18.3 Å². The van der Waals surface area contributed by atoms with Gasteiger partial charge in [0, 0.05) is 56.5 Å². The van der Waals surface area contributed by atoms with Crippen LogP contribution in [0.15, 0.2) is 48.7 Å². The van der Waals surface area contributed by atoms with Crippen molar-refractivity contribution in [2.45, 2.75) is 37.0 Å². The molecule has 0 radical (unpaired) electrons. The van der Waals surface area contributed by atoms with Gasteiger partial charge >= 0.3 is 6.18 Å². The molecule has 2 N–H and O–H groups in total. The second kappa shape index (κ2) is 8.27. The lowest BCUT2D eigenvalue weighted by Gasteiger charge is -2.49. The van der Waals surface area contributed by atoms with Gasteiger partial charge in [0.1, 0.15) is 0 Å². The summed E-state index contributed by atoms with van der Waals surface area (Å²) in [6, 6.07) is 10.8. The smallest absolute Gasteiger partial charge is 0.365 e. The average Bonchev–Trinajstić information content (AvgIpc) is 3.29. The number of piperidine rings is 2. The molecule has 1 aromatic heterocycles. The van der Waals surface area contributed by atoms with Crippen molar-refractivity contribution in [2.75, 3.05) is 26.7 Å². The molecule has 2 aliphatic rings. The highest BCUT2D eigenvalue weighted by atomic mass is 19.4. The maximum Gasteiger partial charge on any atom is 0.430 e. The van der Waals surface area contributed by atoms with Gasteiger partial charge in [-0.1, -0.05) is 30.3 Å². The third-order valence-corrected chi connectivity index (χ3v) is 6.99. The fourth-order valence-electron chi connectivity index (χ4n) is 5.24. The first kappa shape index (κ1) is 22.4. The van der Waals surface area contributed by atoms with Crippen molar-refractivity contribution in [3.05, 3.63) is 59.9 Å². The Morgan fingerprint density at radius 1 is 1.12 bits per heavy atom. The molecule has 9 heteroatoms. The van der Waals surface area contributed by atoms with E-state index in [9.17, 15) is 22.8 Å². The molecule has 172 valence electrons. The third-order valence-electron chi connectivity index (χ3n) is 6.99. The van der Waals surface area contributed by atoms with Crippen molar-refractivity contribution >= 4 is 11.8 Å². The Balaban J connectivity index is 1.61. The number of rotatable bonds is 4. The number of methoxy groups -OCH3 is 1. The largest absolute Gasteiger partial charge is 0.430 e. The number of hydrogen-bond acceptors (Lipinski definition) is 3. The average molecular weight is 449 g/mol. The van der Waals surface area contributed by atoms with Gasteiger partial charge in [-0.3, -0.25) is 9.59 Å². The number of ether oxygens (including phenoxy) is 1. The first-order valence-corrected chi connectivity index (χ1v) is 10.6. The first-order chi connectivity index (χ1) is 15.2. The molecule has 2 saturated heterocycles. The number of aromatic nitrogens is 1. The molecule has 0 aliphatic carbocycles. The van der Waals surface area contributed by atoms with Crippen LogP contribution in [0.1, 0.15) is 36.4 Å². The number of alkyl halides is 3. The Morgan fingerprint density at radius 3 is 2.38 bits per heavy atom. The number of halogens is 3. The van der Waals surface area contributed by atoms with E-state index < -0.39 is 23.1 Å². The number of nitrogens with zero attached hydrogens (tertiary/aromatic N) is 1. The summed E-state index contributed by atoms with van der Waals surface area (Å²) in [5.74, 6) is -1.18. The number of amides is 2. The Bertz CT molecular complexity index is 954. The number of benzene rings is 1. The van der Waals surface area contributed by atoms with Crippen molar-refractivity contribution in [3.63, 3.8) is 0 Å². The van der Waals surface area contributed by atoms with Gasteiger partial charge in [0.2, 0.25) is 5.91 Å². The number of hydrogen-bond donors (Lipinski definition) is 2. The minimum atomic E-state index is -4.94. The van der Waals surface area contributed by atoms with Gasteiger partial charge in [-0.05, 0) is 30.4 Å². The zero-order chi connectivity index (χ0) is 23.0. The lowest BCUT2D eigenvalue weighted by molar-refractivity contribution is -0.271. The molecule has 2 amide bonds. The summed E-state index contributed by atoms with van der Waals surface area (Å²) in [7, 11) is 0.913. The normalized spacial score (nSPS) is 22.9. The molecule has 4 rings (SSSR count). The molecular formula is C23H26F3N3O3. The van der Waals surface area contributed by atoms with Crippen LogP contribution in [0, 0.1) is 5.41 Å². The van der Waals surface area contributed by atoms with Gasteiger partial charge in [0.25, 0.3) is 11.5 Å². The van der Waals surface area contributed by atoms with Crippen LogP contribution in [0.3, 0.4) is 0 Å². The van der Waals surface area contributed by atoms with E-state index in [2.05, 4.69) is 10.3 Å². The van der Waals surface area contributed by atoms with Crippen LogP contribution in [0.2, 0.25) is 0 Å². The minimum Gasteiger partial charge on any atom is -0.365 e. The summed E-state index contributed by atoms with van der Waals surface area (Å²) < 4.78 is 47.8. The molecular weight excluding hydrogens is 423 g/mol. The molecule has 1 aromatic carbocycles. The maximum atomic E-state index is 14.3. The Labute approximate surface area is 184 Å². The lowest BCUT2D eigenvalue weighted by Crippen LogP contribution is -2.60. The van der Waals surface area contributed by atoms with Crippen LogP contribution < -0.4 is 5.32 Å². The van der Waals surface area contributed by atoms with Gasteiger partial charge in [0.05, 0.1) is 0 Å². The summed E-state index contributed by atoms with van der Waals surface area (Å²) in [6.07, 6.45) is -1.97. The van der Waals surface area contributed by atoms with Gasteiger partial charge in [-0.2, -0.15) is 13.2 Å². The van der Waals surface area contributed by atoms with E-state index in [-0.39, 0.29) is 36.9 Å². The molecule has 2 aliphatic heterocycles. The summed E-state index contributed by atoms with van der Waals surface area (Å²) in [5, 5.41) is 2.89. The molecule has 0 saturated carbocycles. The molecule has 1 spiro atoms. The van der Waals surface area contributed by atoms with Gasteiger partial charge in [-0.15, -0.1) is 0 Å². The van der Waals surface area contributed by atoms with Gasteiger partial charge < -0.3 is 19.9 Å². The van der Waals surface area contributed by atoms with Crippen LogP contribution >= 0.6 is 0 Å². The van der Waals surface area contributed by atoms with Crippen LogP contribution in [-0.2, 0) is 19.9 Å². The summed E-state index contributed by atoms with van der Waals surface area (Å²) in [6.45, 7) is 0.705. The molecule has 3 heterocycles. The van der Waals surface area contributed by atoms with Crippen LogP contribution in [0.5, 0.6) is 0 Å². The summed E-state index contributed by atoms with van der Waals surface area (Å²) in [5.41, 5.74) is -2.75. The topological polar surface area (TPSA) is 74.4 Å². The number of H-pyrrole nitrogens is 1. The van der Waals surface area contributed by atoms with Crippen LogP contribution in [-0.4, -0.2) is 54.6 Å². The molecule has 0 bridgehead atoms. The fourth-order valence-corrected chi connectivity index (χ4v) is 5.24. The van der Waals surface area contributed by atoms with Gasteiger partial charge in [-0.25, -0.2) is 0 Å². The SMILES string of the molecule is CO[C@@](C(=O)N1CCC2(CC1)CC(=O)NCC2c1ccc[nH]1)(c1ccccc1)C(F)(F)F. The molecule has 32 heavy (non-hydrogen) atoms. The van der Waals surface area contributed by atoms with E-state index >= 15 is 0 Å². The summed E-state index contributed by atoms with van der Waals surface area (Å²) >= 11 is 0. The van der Waals surface area contributed by atoms with Crippen molar-refractivity contribution in [3.8, 4) is 0 Å². The Hall–Kier alpha value is -2.81. The van der Waals surface area contributed by atoms with Gasteiger partial charge in [0.15, 0.2) is 0 Å². The number of carbonyl (C=O) groups excluding carboxylic acids is 2. The van der Waals surface area contributed by atoms with E-state index in [4.69, 9.17) is 4.74 Å². The Morgan fingerprint density at radius 2 is 1.81 bits per heavy atom. The molecule has 2 atom stereocenters. The zero-order valence-electron chi connectivity index (χ0n) is 17.7. The van der Waals surface area contributed by atoms with Crippen molar-refractivity contribution in [1.29, 1.82) is 0 Å². The van der Waals surface area contributed by atoms with Crippen molar-refractivity contribution < 1.29 is 27.5 Å². The predicted molar refractivity (Wildman–Crippen MR) is 111 cm³/mol. The second-order valence-corrected chi connectivity index (χ2v) is 8.56. The van der Waals surface area contributed by atoms with E-state index in [1.54, 1.807) is 6.07 Å². The Kier molecular flexibility index (Phi) is 5.79. The van der Waals surface area contributed by atoms with E-state index in [1.165, 1.54) is 29.2 Å². The second-order valence-electron chi connectivity index (χ2n) is 8.56. The highest BCUT2D eigenvalue weighted by molar-refractivity contribution is 5.88. The minimum absolute atomic E-state index is 0.0105. The van der Waals surface area contributed by atoms with Crippen LogP contribution in [0.4, 0.5) is 13.2 Å². The predicted octanol–water partition coefficient (Wildman–Crippen LogP) is 3.33. The zero-order valence-corrected chi connectivity index (χ0v) is 17.7. The fraction of sp³-hybridized carbons (Fsp3) is 0.478. The molecule has 2 fully saturated rings. The van der Waals surface area contributed by atoms with Crippen molar-refractivity contribution in [2.24, 2.45) is 5.41 Å². The van der Waals surface area contributed by atoms with Crippen LogP contribution in [0.25, 0.3) is 0 Å². The number of carbonyl (C=O) groups is 2. The molecule has 6 nitrogen and oxygen atoms in total. The maximum absolute atomic E-state index is 14.3. The number of nitrogens with one attached hydrogen (secondary N) is 2. The highest BCUT2D eigenvalue weighted by Gasteiger charge is 2.64.